The number of carboxylic acid groups (broad SMARTS) is 1. The molecular formula is C26H43N3O6. The van der Waals surface area contributed by atoms with E-state index in [-0.39, 0.29) is 37.3 Å². The first-order valence-corrected chi connectivity index (χ1v) is 12.3. The van der Waals surface area contributed by atoms with Crippen molar-refractivity contribution < 1.29 is 29.3 Å². The van der Waals surface area contributed by atoms with Crippen LogP contribution in [0.15, 0.2) is 30.3 Å². The smallest absolute Gasteiger partial charge is 0.410 e. The van der Waals surface area contributed by atoms with Crippen LogP contribution >= 0.6 is 0 Å². The number of ether oxygens (including phenoxy) is 1. The Labute approximate surface area is 209 Å². The molecule has 0 fully saturated rings. The molecule has 0 radical (unpaired) electrons. The number of carbonyl (C=O) groups is 3. The molecule has 9 nitrogen and oxygen atoms in total. The Hall–Kier alpha value is -2.65. The van der Waals surface area contributed by atoms with Gasteiger partial charge in [0.1, 0.15) is 18.7 Å². The maximum atomic E-state index is 13.3. The maximum absolute atomic E-state index is 13.3. The zero-order chi connectivity index (χ0) is 26.7. The predicted octanol–water partition coefficient (Wildman–Crippen LogP) is 3.00. The zero-order valence-electron chi connectivity index (χ0n) is 21.8. The Morgan fingerprint density at radius 3 is 2.06 bits per heavy atom. The van der Waals surface area contributed by atoms with Gasteiger partial charge in [-0.1, -0.05) is 71.9 Å². The first kappa shape index (κ1) is 30.4. The van der Waals surface area contributed by atoms with Crippen molar-refractivity contribution in [1.82, 2.24) is 10.2 Å². The molecule has 0 bridgehead atoms. The number of amides is 2. The largest absolute Gasteiger partial charge is 0.480 e. The molecule has 1 aromatic carbocycles. The van der Waals surface area contributed by atoms with Gasteiger partial charge in [-0.15, -0.1) is 0 Å². The minimum atomic E-state index is -1.16. The van der Waals surface area contributed by atoms with Crippen molar-refractivity contribution in [2.45, 2.75) is 85.2 Å². The van der Waals surface area contributed by atoms with Crippen LogP contribution < -0.4 is 11.1 Å². The average Bonchev–Trinajstić information content (AvgIpc) is 2.77. The van der Waals surface area contributed by atoms with Gasteiger partial charge in [0.15, 0.2) is 0 Å². The second kappa shape index (κ2) is 14.7. The second-order valence-corrected chi connectivity index (χ2v) is 10.3. The molecule has 1 rings (SSSR count). The molecule has 9 heteroatoms. The first-order chi connectivity index (χ1) is 16.3. The van der Waals surface area contributed by atoms with Crippen molar-refractivity contribution in [3.63, 3.8) is 0 Å². The topological polar surface area (TPSA) is 142 Å². The molecule has 1 aromatic rings. The number of aliphatic carboxylic acids is 1. The van der Waals surface area contributed by atoms with Crippen LogP contribution in [0.25, 0.3) is 0 Å². The summed E-state index contributed by atoms with van der Waals surface area (Å²) in [4.78, 5) is 39.4. The number of nitrogens with one attached hydrogen (secondary N) is 1. The van der Waals surface area contributed by atoms with Crippen LogP contribution in [-0.2, 0) is 20.9 Å². The molecule has 198 valence electrons. The lowest BCUT2D eigenvalue weighted by Crippen LogP contribution is -2.57. The highest BCUT2D eigenvalue weighted by atomic mass is 16.6. The molecule has 2 amide bonds. The number of nitrogens with zero attached hydrogens (tertiary/aromatic N) is 1. The second-order valence-electron chi connectivity index (χ2n) is 10.3. The number of hydrogen-bond acceptors (Lipinski definition) is 6. The van der Waals surface area contributed by atoms with E-state index in [1.807, 2.05) is 58.0 Å². The van der Waals surface area contributed by atoms with Gasteiger partial charge in [0.05, 0.1) is 12.6 Å². The van der Waals surface area contributed by atoms with Gasteiger partial charge < -0.3 is 26.0 Å². The molecule has 0 saturated carbocycles. The summed E-state index contributed by atoms with van der Waals surface area (Å²) in [6, 6.07) is 6.34. The van der Waals surface area contributed by atoms with Gasteiger partial charge in [0.25, 0.3) is 0 Å². The zero-order valence-corrected chi connectivity index (χ0v) is 21.8. The van der Waals surface area contributed by atoms with E-state index in [0.717, 1.165) is 5.56 Å². The summed E-state index contributed by atoms with van der Waals surface area (Å²) in [5.74, 6) is -1.90. The monoisotopic (exact) mass is 493 g/mol. The summed E-state index contributed by atoms with van der Waals surface area (Å²) in [5.41, 5.74) is 6.93. The SMILES string of the molecule is CC(C)C[C@H](N)C(O)CN(C(=O)OCc1ccccc1)[C@@H](CC(C)C)C(=O)N[C@H](C(=O)O)C(C)C. The first-order valence-electron chi connectivity index (χ1n) is 12.3. The van der Waals surface area contributed by atoms with Gasteiger partial charge in [-0.05, 0) is 36.2 Å². The van der Waals surface area contributed by atoms with E-state index < -0.39 is 42.2 Å². The van der Waals surface area contributed by atoms with Crippen molar-refractivity contribution in [1.29, 1.82) is 0 Å². The Balaban J connectivity index is 3.23. The van der Waals surface area contributed by atoms with Crippen molar-refractivity contribution in [2.24, 2.45) is 23.5 Å². The van der Waals surface area contributed by atoms with Crippen LogP contribution in [0.3, 0.4) is 0 Å². The summed E-state index contributed by atoms with van der Waals surface area (Å²) < 4.78 is 5.50. The molecule has 0 heterocycles. The van der Waals surface area contributed by atoms with Gasteiger partial charge in [-0.25, -0.2) is 9.59 Å². The molecule has 0 aliphatic rings. The normalized spacial score (nSPS) is 14.9. The highest BCUT2D eigenvalue weighted by molar-refractivity contribution is 5.89. The van der Waals surface area contributed by atoms with Crippen LogP contribution in [0.4, 0.5) is 4.79 Å². The lowest BCUT2D eigenvalue weighted by Gasteiger charge is -2.35. The quantitative estimate of drug-likeness (QED) is 0.312. The van der Waals surface area contributed by atoms with Crippen molar-refractivity contribution in [3.05, 3.63) is 35.9 Å². The van der Waals surface area contributed by atoms with Gasteiger partial charge in [0.2, 0.25) is 5.91 Å². The lowest BCUT2D eigenvalue weighted by atomic mass is 9.97. The fourth-order valence-corrected chi connectivity index (χ4v) is 3.75. The Bertz CT molecular complexity index is 800. The molecule has 5 N–H and O–H groups in total. The molecule has 0 spiro atoms. The summed E-state index contributed by atoms with van der Waals surface area (Å²) in [6.07, 6.45) is -1.08. The molecule has 0 aromatic heterocycles. The molecule has 0 aliphatic heterocycles. The predicted molar refractivity (Wildman–Crippen MR) is 134 cm³/mol. The van der Waals surface area contributed by atoms with E-state index in [9.17, 15) is 24.6 Å². The Morgan fingerprint density at radius 2 is 1.57 bits per heavy atom. The van der Waals surface area contributed by atoms with Crippen LogP contribution in [0.2, 0.25) is 0 Å². The highest BCUT2D eigenvalue weighted by Crippen LogP contribution is 2.18. The van der Waals surface area contributed by atoms with Gasteiger partial charge in [0, 0.05) is 6.04 Å². The summed E-state index contributed by atoms with van der Waals surface area (Å²) in [6.45, 7) is 10.9. The summed E-state index contributed by atoms with van der Waals surface area (Å²) in [5, 5.41) is 22.9. The Kier molecular flexibility index (Phi) is 12.7. The van der Waals surface area contributed by atoms with Crippen LogP contribution in [0.5, 0.6) is 0 Å². The third kappa shape index (κ3) is 10.7. The number of benzene rings is 1. The maximum Gasteiger partial charge on any atom is 0.410 e. The highest BCUT2D eigenvalue weighted by Gasteiger charge is 2.36. The van der Waals surface area contributed by atoms with Crippen LogP contribution in [0, 0.1) is 17.8 Å². The summed E-state index contributed by atoms with van der Waals surface area (Å²) in [7, 11) is 0. The average molecular weight is 494 g/mol. The standard InChI is InChI=1S/C26H43N3O6/c1-16(2)12-20(27)22(30)14-29(26(34)35-15-19-10-8-7-9-11-19)21(13-17(3)4)24(31)28-23(18(5)6)25(32)33/h7-11,16-18,20-23,30H,12-15,27H2,1-6H3,(H,28,31)(H,32,33)/t20-,21-,22?,23-/m0/s1. The molecule has 0 aliphatic carbocycles. The third-order valence-electron chi connectivity index (χ3n) is 5.67. The fraction of sp³-hybridized carbons (Fsp3) is 0.654. The number of carboxylic acids is 1. The lowest BCUT2D eigenvalue weighted by molar-refractivity contribution is -0.144. The minimum Gasteiger partial charge on any atom is -0.480 e. The van der Waals surface area contributed by atoms with Crippen LogP contribution in [0.1, 0.15) is 59.9 Å². The number of carbonyl (C=O) groups excluding carboxylic acids is 2. The number of hydrogen-bond donors (Lipinski definition) is 4. The van der Waals surface area contributed by atoms with E-state index >= 15 is 0 Å². The van der Waals surface area contributed by atoms with Gasteiger partial charge in [-0.2, -0.15) is 0 Å². The number of aliphatic hydroxyl groups is 1. The molecule has 35 heavy (non-hydrogen) atoms. The number of rotatable bonds is 14. The van der Waals surface area contributed by atoms with E-state index in [2.05, 4.69) is 5.32 Å². The number of aliphatic hydroxyl groups excluding tert-OH is 1. The van der Waals surface area contributed by atoms with E-state index in [0.29, 0.717) is 6.42 Å². The van der Waals surface area contributed by atoms with Gasteiger partial charge >= 0.3 is 12.1 Å². The van der Waals surface area contributed by atoms with Crippen molar-refractivity contribution >= 4 is 18.0 Å². The van der Waals surface area contributed by atoms with E-state index in [1.54, 1.807) is 13.8 Å². The Morgan fingerprint density at radius 1 is 1.00 bits per heavy atom. The van der Waals surface area contributed by atoms with Crippen LogP contribution in [-0.4, -0.2) is 63.9 Å². The molecule has 0 saturated heterocycles. The molecule has 4 atom stereocenters. The minimum absolute atomic E-state index is 0.000943. The van der Waals surface area contributed by atoms with E-state index in [1.165, 1.54) is 4.90 Å². The number of nitrogens with two attached hydrogens (primary N) is 1. The van der Waals surface area contributed by atoms with Gasteiger partial charge in [-0.3, -0.25) is 9.69 Å². The fourth-order valence-electron chi connectivity index (χ4n) is 3.75. The van der Waals surface area contributed by atoms with E-state index in [4.69, 9.17) is 10.5 Å². The molecular weight excluding hydrogens is 450 g/mol. The van der Waals surface area contributed by atoms with Crippen molar-refractivity contribution in [3.8, 4) is 0 Å². The van der Waals surface area contributed by atoms with Crippen molar-refractivity contribution in [2.75, 3.05) is 6.54 Å². The third-order valence-corrected chi connectivity index (χ3v) is 5.67. The molecule has 1 unspecified atom stereocenters. The summed E-state index contributed by atoms with van der Waals surface area (Å²) >= 11 is 0.